The number of halogens is 2. The number of fused-ring (bicyclic) bond motifs is 6. The number of unbranched alkanes of at least 4 members (excludes halogenated alkanes) is 3. The van der Waals surface area contributed by atoms with Crippen LogP contribution >= 0.6 is 0 Å². The monoisotopic (exact) mass is 560 g/mol. The molecule has 142 valence electrons. The van der Waals surface area contributed by atoms with Gasteiger partial charge in [0.1, 0.15) is 0 Å². The van der Waals surface area contributed by atoms with Gasteiger partial charge in [-0.3, -0.25) is 0 Å². The maximum atomic E-state index is 1.54. The van der Waals surface area contributed by atoms with E-state index in [4.69, 9.17) is 0 Å². The van der Waals surface area contributed by atoms with E-state index >= 15 is 0 Å². The van der Waals surface area contributed by atoms with Crippen molar-refractivity contribution < 1.29 is 56.9 Å². The molecule has 0 aromatic carbocycles. The Kier molecular flexibility index (Phi) is 8.61. The average molecular weight is 560 g/mol. The van der Waals surface area contributed by atoms with Crippen molar-refractivity contribution in [2.24, 2.45) is 11.8 Å². The Morgan fingerprint density at radius 1 is 0.458 bits per heavy atom. The largest absolute Gasteiger partial charge is 1.00 e. The number of rotatable bonds is 7. The number of quaternary nitrogens is 2. The zero-order valence-electron chi connectivity index (χ0n) is 15.5. The number of hydrogen-bond donors (Lipinski definition) is 0. The summed E-state index contributed by atoms with van der Waals surface area (Å²) < 4.78 is 3.02. The van der Waals surface area contributed by atoms with Crippen molar-refractivity contribution >= 4 is 0 Å². The predicted octanol–water partition coefficient (Wildman–Crippen LogP) is -2.18. The van der Waals surface area contributed by atoms with Gasteiger partial charge in [0.05, 0.1) is 52.4 Å². The van der Waals surface area contributed by atoms with Gasteiger partial charge in [-0.15, -0.1) is 0 Å². The Balaban J connectivity index is 0.00000104. The highest BCUT2D eigenvalue weighted by atomic mass is 127. The normalized spacial score (nSPS) is 40.0. The quantitative estimate of drug-likeness (QED) is 0.189. The fourth-order valence-electron chi connectivity index (χ4n) is 6.19. The highest BCUT2D eigenvalue weighted by molar-refractivity contribution is 4.72. The Morgan fingerprint density at radius 2 is 0.750 bits per heavy atom. The molecule has 24 heavy (non-hydrogen) atoms. The molecule has 6 saturated heterocycles. The van der Waals surface area contributed by atoms with Crippen LogP contribution in [0, 0.1) is 11.8 Å². The minimum Gasteiger partial charge on any atom is -1.00 e. The molecule has 0 aromatic heterocycles. The van der Waals surface area contributed by atoms with Crippen molar-refractivity contribution in [2.75, 3.05) is 52.4 Å². The second kappa shape index (κ2) is 9.54. The third kappa shape index (κ3) is 5.00. The molecule has 0 saturated carbocycles. The molecule has 0 aliphatic carbocycles. The number of hydrogen-bond acceptors (Lipinski definition) is 0. The van der Waals surface area contributed by atoms with Gasteiger partial charge in [-0.1, -0.05) is 0 Å². The smallest absolute Gasteiger partial charge is 0.0789 e. The van der Waals surface area contributed by atoms with E-state index in [2.05, 4.69) is 0 Å². The van der Waals surface area contributed by atoms with E-state index in [1.54, 1.807) is 38.5 Å². The number of nitrogens with zero attached hydrogens (tertiary/aromatic N) is 2. The third-order valence-corrected chi connectivity index (χ3v) is 8.09. The Hall–Kier alpha value is 1.38. The van der Waals surface area contributed by atoms with Crippen LogP contribution in [-0.2, 0) is 0 Å². The molecule has 0 aromatic rings. The van der Waals surface area contributed by atoms with Gasteiger partial charge in [0.2, 0.25) is 0 Å². The molecule has 6 rings (SSSR count). The van der Waals surface area contributed by atoms with E-state index in [0.717, 1.165) is 11.8 Å². The van der Waals surface area contributed by atoms with Gasteiger partial charge in [-0.25, -0.2) is 0 Å². The minimum absolute atomic E-state index is 0. The van der Waals surface area contributed by atoms with Crippen LogP contribution in [0.2, 0.25) is 0 Å². The summed E-state index contributed by atoms with van der Waals surface area (Å²) in [6, 6.07) is 0. The van der Waals surface area contributed by atoms with Crippen molar-refractivity contribution in [1.82, 2.24) is 0 Å². The van der Waals surface area contributed by atoms with Crippen LogP contribution < -0.4 is 48.0 Å². The molecule has 0 amide bonds. The SMILES string of the molecule is C(CCC[N+]12CCC(CC1)CC2)CC[N+]12CCC(CC1)CC2.[I-].[I-]. The summed E-state index contributed by atoms with van der Waals surface area (Å²) in [6.07, 6.45) is 15.3. The molecular weight excluding hydrogens is 522 g/mol. The van der Waals surface area contributed by atoms with E-state index < -0.39 is 0 Å². The van der Waals surface area contributed by atoms with E-state index in [1.165, 1.54) is 87.0 Å². The lowest BCUT2D eigenvalue weighted by atomic mass is 9.85. The highest BCUT2D eigenvalue weighted by Crippen LogP contribution is 2.35. The molecule has 4 bridgehead atoms. The Bertz CT molecular complexity index is 308. The van der Waals surface area contributed by atoms with E-state index in [1.807, 2.05) is 0 Å². The van der Waals surface area contributed by atoms with E-state index in [-0.39, 0.29) is 48.0 Å². The third-order valence-electron chi connectivity index (χ3n) is 8.09. The molecule has 6 fully saturated rings. The summed E-state index contributed by atoms with van der Waals surface area (Å²) in [4.78, 5) is 0. The summed E-state index contributed by atoms with van der Waals surface area (Å²) in [7, 11) is 0. The summed E-state index contributed by atoms with van der Waals surface area (Å²) >= 11 is 0. The maximum absolute atomic E-state index is 1.54. The van der Waals surface area contributed by atoms with E-state index in [0.29, 0.717) is 0 Å². The second-order valence-electron chi connectivity index (χ2n) is 9.35. The van der Waals surface area contributed by atoms with Crippen molar-refractivity contribution in [3.05, 3.63) is 0 Å². The van der Waals surface area contributed by atoms with Crippen LogP contribution in [0.1, 0.15) is 64.2 Å². The van der Waals surface area contributed by atoms with Crippen molar-refractivity contribution in [1.29, 1.82) is 0 Å². The molecule has 0 N–H and O–H groups in total. The summed E-state index contributed by atoms with van der Waals surface area (Å²) in [5.74, 6) is 2.23. The molecule has 2 nitrogen and oxygen atoms in total. The first-order chi connectivity index (χ1) is 10.8. The van der Waals surface area contributed by atoms with Crippen molar-refractivity contribution in [2.45, 2.75) is 64.2 Å². The van der Waals surface area contributed by atoms with Crippen molar-refractivity contribution in [3.8, 4) is 0 Å². The van der Waals surface area contributed by atoms with Crippen LogP contribution in [0.3, 0.4) is 0 Å². The molecule has 0 spiro atoms. The zero-order valence-corrected chi connectivity index (χ0v) is 19.8. The molecule has 6 heterocycles. The van der Waals surface area contributed by atoms with Gasteiger partial charge in [0.15, 0.2) is 0 Å². The average Bonchev–Trinajstić information content (AvgIpc) is 2.61. The summed E-state index contributed by atoms with van der Waals surface area (Å²) in [5, 5.41) is 0. The Labute approximate surface area is 184 Å². The molecule has 0 radical (unpaired) electrons. The minimum atomic E-state index is 0. The standard InChI is InChI=1S/C20H38N2.2HI/c1(3-11-21-13-5-19(6-14-21)7-15-21)2-4-12-22-16-8-20(9-17-22)10-18-22;;/h19-20H,1-18H2;2*1H/q+2;;/p-2. The van der Waals surface area contributed by atoms with Gasteiger partial charge >= 0.3 is 0 Å². The van der Waals surface area contributed by atoms with Gasteiger partial charge in [0, 0.05) is 0 Å². The molecule has 0 atom stereocenters. The van der Waals surface area contributed by atoms with E-state index in [9.17, 15) is 0 Å². The highest BCUT2D eigenvalue weighted by Gasteiger charge is 2.40. The van der Waals surface area contributed by atoms with Crippen molar-refractivity contribution in [3.63, 3.8) is 0 Å². The fraction of sp³-hybridized carbons (Fsp3) is 1.00. The second-order valence-corrected chi connectivity index (χ2v) is 9.35. The molecule has 6 aliphatic rings. The van der Waals surface area contributed by atoms with Gasteiger partial charge < -0.3 is 56.9 Å². The first kappa shape index (κ1) is 21.7. The van der Waals surface area contributed by atoms with Gasteiger partial charge in [-0.05, 0) is 76.0 Å². The molecule has 6 aliphatic heterocycles. The van der Waals surface area contributed by atoms with Gasteiger partial charge in [-0.2, -0.15) is 0 Å². The summed E-state index contributed by atoms with van der Waals surface area (Å²) in [6.45, 7) is 12.1. The summed E-state index contributed by atoms with van der Waals surface area (Å²) in [5.41, 5.74) is 0. The Morgan fingerprint density at radius 3 is 1.04 bits per heavy atom. The first-order valence-corrected chi connectivity index (χ1v) is 10.5. The molecule has 4 heteroatoms. The van der Waals surface area contributed by atoms with Crippen LogP contribution in [0.4, 0.5) is 0 Å². The topological polar surface area (TPSA) is 0 Å². The first-order valence-electron chi connectivity index (χ1n) is 10.5. The molecule has 0 unspecified atom stereocenters. The van der Waals surface area contributed by atoms with Crippen LogP contribution in [0.5, 0.6) is 0 Å². The molecular formula is C20H38I2N2. The number of piperidine rings is 6. The fourth-order valence-corrected chi connectivity index (χ4v) is 6.19. The predicted molar refractivity (Wildman–Crippen MR) is 92.6 cm³/mol. The zero-order chi connectivity index (χ0) is 14.9. The lowest BCUT2D eigenvalue weighted by molar-refractivity contribution is -0.943. The lowest BCUT2D eigenvalue weighted by Gasteiger charge is -2.49. The lowest BCUT2D eigenvalue weighted by Crippen LogP contribution is -3.00. The van der Waals surface area contributed by atoms with Crippen LogP contribution in [0.25, 0.3) is 0 Å². The van der Waals surface area contributed by atoms with Crippen LogP contribution in [-0.4, -0.2) is 61.3 Å². The van der Waals surface area contributed by atoms with Crippen LogP contribution in [0.15, 0.2) is 0 Å². The van der Waals surface area contributed by atoms with Gasteiger partial charge in [0.25, 0.3) is 0 Å². The maximum Gasteiger partial charge on any atom is 0.0789 e.